The van der Waals surface area contributed by atoms with E-state index in [0.29, 0.717) is 0 Å². The van der Waals surface area contributed by atoms with Crippen LogP contribution in [0.4, 0.5) is 0 Å². The molecule has 2 aromatic carbocycles. The van der Waals surface area contributed by atoms with Gasteiger partial charge in [0.2, 0.25) is 0 Å². The third kappa shape index (κ3) is 3.23. The quantitative estimate of drug-likeness (QED) is 0.772. The minimum Gasteiger partial charge on any atom is -0.313 e. The van der Waals surface area contributed by atoms with Gasteiger partial charge in [0.1, 0.15) is 0 Å². The van der Waals surface area contributed by atoms with E-state index in [1.54, 1.807) is 0 Å². The summed E-state index contributed by atoms with van der Waals surface area (Å²) >= 11 is 5.94. The Morgan fingerprint density at radius 2 is 1.90 bits per heavy atom. The second-order valence-corrected chi connectivity index (χ2v) is 5.56. The van der Waals surface area contributed by atoms with Crippen LogP contribution in [0, 0.1) is 0 Å². The Bertz CT molecular complexity index is 738. The lowest BCUT2D eigenvalue weighted by Crippen LogP contribution is -2.18. The van der Waals surface area contributed by atoms with Gasteiger partial charge in [0.25, 0.3) is 0 Å². The second-order valence-electron chi connectivity index (χ2n) is 5.13. The molecule has 0 aliphatic carbocycles. The summed E-state index contributed by atoms with van der Waals surface area (Å²) in [6.45, 7) is 0. The fourth-order valence-corrected chi connectivity index (χ4v) is 2.68. The normalized spacial score (nSPS) is 12.5. The average molecular weight is 297 g/mol. The molecule has 3 heteroatoms. The highest BCUT2D eigenvalue weighted by Gasteiger charge is 2.11. The van der Waals surface area contributed by atoms with E-state index >= 15 is 0 Å². The molecule has 1 unspecified atom stereocenters. The molecule has 3 aromatic rings. The molecule has 3 rings (SSSR count). The van der Waals surface area contributed by atoms with Gasteiger partial charge in [-0.2, -0.15) is 0 Å². The molecule has 0 radical (unpaired) electrons. The standard InChI is InChI=1S/C18H17ClN2/c1-20-18(11-13-4-7-16(19)8-5-13)15-6-9-17-14(12-15)3-2-10-21-17/h2-10,12,18,20H,11H2,1H3. The van der Waals surface area contributed by atoms with E-state index in [2.05, 4.69) is 46.7 Å². The zero-order valence-corrected chi connectivity index (χ0v) is 12.6. The van der Waals surface area contributed by atoms with E-state index in [-0.39, 0.29) is 6.04 Å². The summed E-state index contributed by atoms with van der Waals surface area (Å²) in [4.78, 5) is 4.37. The number of nitrogens with one attached hydrogen (secondary N) is 1. The van der Waals surface area contributed by atoms with Gasteiger partial charge in [-0.25, -0.2) is 0 Å². The summed E-state index contributed by atoms with van der Waals surface area (Å²) in [6.07, 6.45) is 2.75. The van der Waals surface area contributed by atoms with Crippen molar-refractivity contribution in [1.29, 1.82) is 0 Å². The molecule has 0 spiro atoms. The molecule has 0 aliphatic rings. The molecule has 0 saturated carbocycles. The Balaban J connectivity index is 1.88. The minimum absolute atomic E-state index is 0.274. The van der Waals surface area contributed by atoms with Gasteiger partial charge in [0.15, 0.2) is 0 Å². The number of halogens is 1. The fraction of sp³-hybridized carbons (Fsp3) is 0.167. The smallest absolute Gasteiger partial charge is 0.0702 e. The molecular formula is C18H17ClN2. The first-order valence-electron chi connectivity index (χ1n) is 7.02. The van der Waals surface area contributed by atoms with Crippen LogP contribution >= 0.6 is 11.6 Å². The summed E-state index contributed by atoms with van der Waals surface area (Å²) in [5, 5.41) is 5.34. The van der Waals surface area contributed by atoms with Crippen LogP contribution in [0.3, 0.4) is 0 Å². The molecule has 1 aromatic heterocycles. The lowest BCUT2D eigenvalue weighted by atomic mass is 9.97. The van der Waals surface area contributed by atoms with Gasteiger partial charge < -0.3 is 5.32 Å². The topological polar surface area (TPSA) is 24.9 Å². The molecule has 2 nitrogen and oxygen atoms in total. The molecule has 106 valence electrons. The molecule has 0 fully saturated rings. The van der Waals surface area contributed by atoms with Gasteiger partial charge in [0, 0.05) is 22.6 Å². The summed E-state index contributed by atoms with van der Waals surface area (Å²) in [6, 6.07) is 18.8. The highest BCUT2D eigenvalue weighted by molar-refractivity contribution is 6.30. The molecule has 0 saturated heterocycles. The van der Waals surface area contributed by atoms with E-state index in [1.165, 1.54) is 16.5 Å². The van der Waals surface area contributed by atoms with E-state index in [1.807, 2.05) is 31.4 Å². The Hall–Kier alpha value is -1.90. The number of rotatable bonds is 4. The van der Waals surface area contributed by atoms with Crippen molar-refractivity contribution in [1.82, 2.24) is 10.3 Å². The first kappa shape index (κ1) is 14.1. The Kier molecular flexibility index (Phi) is 4.18. The molecule has 21 heavy (non-hydrogen) atoms. The maximum Gasteiger partial charge on any atom is 0.0702 e. The highest BCUT2D eigenvalue weighted by atomic mass is 35.5. The van der Waals surface area contributed by atoms with Crippen LogP contribution in [0.5, 0.6) is 0 Å². The largest absolute Gasteiger partial charge is 0.313 e. The van der Waals surface area contributed by atoms with Crippen LogP contribution in [0.2, 0.25) is 5.02 Å². The predicted molar refractivity (Wildman–Crippen MR) is 88.7 cm³/mol. The molecule has 1 atom stereocenters. The zero-order valence-electron chi connectivity index (χ0n) is 11.9. The molecule has 1 N–H and O–H groups in total. The van der Waals surface area contributed by atoms with Gasteiger partial charge in [-0.05, 0) is 54.9 Å². The molecule has 0 bridgehead atoms. The second kappa shape index (κ2) is 6.25. The monoisotopic (exact) mass is 296 g/mol. The van der Waals surface area contributed by atoms with Crippen LogP contribution in [0.15, 0.2) is 60.8 Å². The van der Waals surface area contributed by atoms with Gasteiger partial charge in [-0.3, -0.25) is 4.98 Å². The fourth-order valence-electron chi connectivity index (χ4n) is 2.55. The van der Waals surface area contributed by atoms with E-state index in [4.69, 9.17) is 11.6 Å². The number of hydrogen-bond donors (Lipinski definition) is 1. The SMILES string of the molecule is CNC(Cc1ccc(Cl)cc1)c1ccc2ncccc2c1. The molecule has 0 aliphatic heterocycles. The van der Waals surface area contributed by atoms with Gasteiger partial charge >= 0.3 is 0 Å². The first-order valence-corrected chi connectivity index (χ1v) is 7.40. The van der Waals surface area contributed by atoms with E-state index < -0.39 is 0 Å². The molecule has 1 heterocycles. The van der Waals surface area contributed by atoms with Crippen LogP contribution in [0.25, 0.3) is 10.9 Å². The third-order valence-corrected chi connectivity index (χ3v) is 3.98. The predicted octanol–water partition coefficient (Wildman–Crippen LogP) is 4.39. The number of pyridine rings is 1. The van der Waals surface area contributed by atoms with Gasteiger partial charge in [-0.1, -0.05) is 35.9 Å². The molecule has 0 amide bonds. The van der Waals surface area contributed by atoms with Crippen LogP contribution in [-0.2, 0) is 6.42 Å². The van der Waals surface area contributed by atoms with Crippen molar-refractivity contribution in [2.24, 2.45) is 0 Å². The van der Waals surface area contributed by atoms with E-state index in [9.17, 15) is 0 Å². The number of likely N-dealkylation sites (N-methyl/N-ethyl adjacent to an activating group) is 1. The number of aromatic nitrogens is 1. The number of hydrogen-bond acceptors (Lipinski definition) is 2. The molecular weight excluding hydrogens is 280 g/mol. The maximum absolute atomic E-state index is 5.94. The number of nitrogens with zero attached hydrogens (tertiary/aromatic N) is 1. The van der Waals surface area contributed by atoms with Crippen molar-refractivity contribution >= 4 is 22.5 Å². The Morgan fingerprint density at radius 1 is 1.10 bits per heavy atom. The van der Waals surface area contributed by atoms with Crippen molar-refractivity contribution in [2.45, 2.75) is 12.5 Å². The maximum atomic E-state index is 5.94. The minimum atomic E-state index is 0.274. The van der Waals surface area contributed by atoms with Gasteiger partial charge in [0.05, 0.1) is 5.52 Å². The Morgan fingerprint density at radius 3 is 2.67 bits per heavy atom. The van der Waals surface area contributed by atoms with Crippen molar-refractivity contribution in [2.75, 3.05) is 7.05 Å². The van der Waals surface area contributed by atoms with Crippen LogP contribution in [-0.4, -0.2) is 12.0 Å². The Labute approximate surface area is 129 Å². The van der Waals surface area contributed by atoms with Crippen molar-refractivity contribution in [3.05, 3.63) is 76.9 Å². The van der Waals surface area contributed by atoms with Crippen molar-refractivity contribution in [3.8, 4) is 0 Å². The van der Waals surface area contributed by atoms with Crippen molar-refractivity contribution < 1.29 is 0 Å². The summed E-state index contributed by atoms with van der Waals surface area (Å²) < 4.78 is 0. The van der Waals surface area contributed by atoms with E-state index in [0.717, 1.165) is 17.0 Å². The zero-order chi connectivity index (χ0) is 14.7. The summed E-state index contributed by atoms with van der Waals surface area (Å²) in [5.41, 5.74) is 3.57. The summed E-state index contributed by atoms with van der Waals surface area (Å²) in [7, 11) is 1.99. The van der Waals surface area contributed by atoms with Crippen LogP contribution in [0.1, 0.15) is 17.2 Å². The third-order valence-electron chi connectivity index (χ3n) is 3.73. The lowest BCUT2D eigenvalue weighted by molar-refractivity contribution is 0.593. The van der Waals surface area contributed by atoms with Gasteiger partial charge in [-0.15, -0.1) is 0 Å². The number of benzene rings is 2. The van der Waals surface area contributed by atoms with Crippen LogP contribution < -0.4 is 5.32 Å². The number of fused-ring (bicyclic) bond motifs is 1. The first-order chi connectivity index (χ1) is 10.3. The lowest BCUT2D eigenvalue weighted by Gasteiger charge is -2.17. The summed E-state index contributed by atoms with van der Waals surface area (Å²) in [5.74, 6) is 0. The average Bonchev–Trinajstić information content (AvgIpc) is 2.54. The van der Waals surface area contributed by atoms with Crippen molar-refractivity contribution in [3.63, 3.8) is 0 Å². The highest BCUT2D eigenvalue weighted by Crippen LogP contribution is 2.22.